The monoisotopic (exact) mass is 274 g/mol. The van der Waals surface area contributed by atoms with E-state index in [2.05, 4.69) is 20.8 Å². The van der Waals surface area contributed by atoms with Crippen molar-refractivity contribution in [2.24, 2.45) is 16.3 Å². The molecule has 0 aliphatic carbocycles. The van der Waals surface area contributed by atoms with E-state index in [1.807, 2.05) is 39.0 Å². The van der Waals surface area contributed by atoms with E-state index < -0.39 is 0 Å². The quantitative estimate of drug-likeness (QED) is 0.381. The van der Waals surface area contributed by atoms with Gasteiger partial charge in [0.25, 0.3) is 0 Å². The van der Waals surface area contributed by atoms with Gasteiger partial charge in [-0.15, -0.1) is 0 Å². The number of nitrogens with two attached hydrogens (primary N) is 1. The van der Waals surface area contributed by atoms with Gasteiger partial charge in [-0.3, -0.25) is 0 Å². The second-order valence-corrected chi connectivity index (χ2v) is 5.77. The fourth-order valence-electron chi connectivity index (χ4n) is 2.42. The molecule has 0 aliphatic heterocycles. The van der Waals surface area contributed by atoms with Crippen LogP contribution in [-0.2, 0) is 6.54 Å². The van der Waals surface area contributed by atoms with Gasteiger partial charge in [0.1, 0.15) is 11.7 Å². The number of rotatable bonds is 5. The van der Waals surface area contributed by atoms with Crippen LogP contribution in [0.4, 0.5) is 0 Å². The third-order valence-corrected chi connectivity index (χ3v) is 3.83. The van der Waals surface area contributed by atoms with E-state index in [-0.39, 0.29) is 11.3 Å². The maximum absolute atomic E-state index is 8.79. The lowest BCUT2D eigenvalue weighted by molar-refractivity contribution is 0.304. The number of benzene rings is 1. The van der Waals surface area contributed by atoms with Crippen LogP contribution in [0.5, 0.6) is 0 Å². The Morgan fingerprint density at radius 3 is 2.80 bits per heavy atom. The van der Waals surface area contributed by atoms with Crippen molar-refractivity contribution in [2.75, 3.05) is 0 Å². The van der Waals surface area contributed by atoms with Crippen LogP contribution < -0.4 is 5.73 Å². The third kappa shape index (κ3) is 2.76. The lowest BCUT2D eigenvalue weighted by atomic mass is 9.86. The Labute approximate surface area is 119 Å². The summed E-state index contributed by atoms with van der Waals surface area (Å²) in [4.78, 5) is 4.55. The molecule has 5 heteroatoms. The normalized spacial score (nSPS) is 13.1. The maximum Gasteiger partial charge on any atom is 0.144 e. The maximum atomic E-state index is 8.79. The van der Waals surface area contributed by atoms with Crippen molar-refractivity contribution in [3.8, 4) is 0 Å². The lowest BCUT2D eigenvalue weighted by Crippen LogP contribution is -2.32. The topological polar surface area (TPSA) is 76.4 Å². The molecule has 0 amide bonds. The molecule has 5 nitrogen and oxygen atoms in total. The number of nitrogens with zero attached hydrogens (tertiary/aromatic N) is 3. The fourth-order valence-corrected chi connectivity index (χ4v) is 2.42. The summed E-state index contributed by atoms with van der Waals surface area (Å²) in [5.41, 5.74) is 7.61. The summed E-state index contributed by atoms with van der Waals surface area (Å²) in [6, 6.07) is 8.14. The van der Waals surface area contributed by atoms with Gasteiger partial charge in [-0.25, -0.2) is 4.98 Å². The zero-order valence-electron chi connectivity index (χ0n) is 12.3. The van der Waals surface area contributed by atoms with Gasteiger partial charge in [0.15, 0.2) is 0 Å². The second-order valence-electron chi connectivity index (χ2n) is 5.77. The molecule has 0 atom stereocenters. The minimum atomic E-state index is -0.293. The molecule has 20 heavy (non-hydrogen) atoms. The molecule has 0 fully saturated rings. The number of oxime groups is 1. The van der Waals surface area contributed by atoms with Crippen LogP contribution in [0.15, 0.2) is 29.4 Å². The Bertz CT molecular complexity index is 628. The van der Waals surface area contributed by atoms with Crippen LogP contribution in [0, 0.1) is 12.3 Å². The van der Waals surface area contributed by atoms with Gasteiger partial charge in [-0.2, -0.15) is 0 Å². The van der Waals surface area contributed by atoms with Crippen LogP contribution in [0.25, 0.3) is 11.0 Å². The van der Waals surface area contributed by atoms with Crippen molar-refractivity contribution in [1.29, 1.82) is 0 Å². The molecule has 1 heterocycles. The standard InChI is InChI=1S/C15H22N4O/c1-11-17-12-7-4-5-8-13(12)19(11)10-6-9-15(2,3)14(16)18-20/h4-5,7-8,20H,6,9-10H2,1-3H3,(H2,16,18). The number of hydrogen-bond acceptors (Lipinski definition) is 3. The summed E-state index contributed by atoms with van der Waals surface area (Å²) >= 11 is 0. The molecule has 0 spiro atoms. The zero-order chi connectivity index (χ0) is 14.8. The van der Waals surface area contributed by atoms with E-state index in [0.29, 0.717) is 0 Å². The summed E-state index contributed by atoms with van der Waals surface area (Å²) in [7, 11) is 0. The molecular formula is C15H22N4O. The average Bonchev–Trinajstić information content (AvgIpc) is 2.74. The van der Waals surface area contributed by atoms with Crippen molar-refractivity contribution in [2.45, 2.75) is 40.2 Å². The SMILES string of the molecule is Cc1nc2ccccc2n1CCCC(C)(C)C(N)=NO. The molecular weight excluding hydrogens is 252 g/mol. The highest BCUT2D eigenvalue weighted by Gasteiger charge is 2.23. The van der Waals surface area contributed by atoms with Crippen molar-refractivity contribution < 1.29 is 5.21 Å². The van der Waals surface area contributed by atoms with E-state index in [4.69, 9.17) is 10.9 Å². The van der Waals surface area contributed by atoms with Crippen molar-refractivity contribution in [1.82, 2.24) is 9.55 Å². The van der Waals surface area contributed by atoms with E-state index in [9.17, 15) is 0 Å². The van der Waals surface area contributed by atoms with E-state index in [1.54, 1.807) is 0 Å². The minimum absolute atomic E-state index is 0.282. The van der Waals surface area contributed by atoms with Crippen molar-refractivity contribution >= 4 is 16.9 Å². The number of fused-ring (bicyclic) bond motifs is 1. The summed E-state index contributed by atoms with van der Waals surface area (Å²) in [5, 5.41) is 11.9. The van der Waals surface area contributed by atoms with Gasteiger partial charge < -0.3 is 15.5 Å². The molecule has 0 bridgehead atoms. The molecule has 1 aromatic carbocycles. The Morgan fingerprint density at radius 1 is 1.40 bits per heavy atom. The molecule has 0 aliphatic rings. The molecule has 0 radical (unpaired) electrons. The molecule has 0 unspecified atom stereocenters. The molecule has 3 N–H and O–H groups in total. The van der Waals surface area contributed by atoms with Gasteiger partial charge >= 0.3 is 0 Å². The molecule has 0 saturated carbocycles. The average molecular weight is 274 g/mol. The van der Waals surface area contributed by atoms with Crippen LogP contribution >= 0.6 is 0 Å². The van der Waals surface area contributed by atoms with Crippen LogP contribution in [-0.4, -0.2) is 20.6 Å². The van der Waals surface area contributed by atoms with Gasteiger partial charge in [-0.05, 0) is 31.9 Å². The number of aryl methyl sites for hydroxylation is 2. The largest absolute Gasteiger partial charge is 0.409 e. The molecule has 2 rings (SSSR count). The first-order valence-electron chi connectivity index (χ1n) is 6.85. The smallest absolute Gasteiger partial charge is 0.144 e. The highest BCUT2D eigenvalue weighted by molar-refractivity contribution is 5.85. The first-order valence-corrected chi connectivity index (χ1v) is 6.85. The summed E-state index contributed by atoms with van der Waals surface area (Å²) in [6.45, 7) is 6.88. The Morgan fingerprint density at radius 2 is 2.10 bits per heavy atom. The van der Waals surface area contributed by atoms with E-state index >= 15 is 0 Å². The first-order chi connectivity index (χ1) is 9.45. The van der Waals surface area contributed by atoms with Crippen LogP contribution in [0.1, 0.15) is 32.5 Å². The number of hydrogen-bond donors (Lipinski definition) is 2. The highest BCUT2D eigenvalue weighted by atomic mass is 16.4. The highest BCUT2D eigenvalue weighted by Crippen LogP contribution is 2.24. The fraction of sp³-hybridized carbons (Fsp3) is 0.467. The first kappa shape index (κ1) is 14.4. The van der Waals surface area contributed by atoms with Crippen LogP contribution in [0.3, 0.4) is 0 Å². The molecule has 1 aromatic heterocycles. The Kier molecular flexibility index (Phi) is 3.97. The third-order valence-electron chi connectivity index (χ3n) is 3.83. The lowest BCUT2D eigenvalue weighted by Gasteiger charge is -2.22. The summed E-state index contributed by atoms with van der Waals surface area (Å²) in [5.74, 6) is 1.30. The van der Waals surface area contributed by atoms with Gasteiger partial charge in [0.05, 0.1) is 11.0 Å². The number of amidine groups is 1. The predicted octanol–water partition coefficient (Wildman–Crippen LogP) is 2.90. The summed E-state index contributed by atoms with van der Waals surface area (Å²) in [6.07, 6.45) is 1.80. The minimum Gasteiger partial charge on any atom is -0.409 e. The molecule has 0 saturated heterocycles. The number of imidazole rings is 1. The van der Waals surface area contributed by atoms with E-state index in [0.717, 1.165) is 36.2 Å². The van der Waals surface area contributed by atoms with Crippen LogP contribution in [0.2, 0.25) is 0 Å². The van der Waals surface area contributed by atoms with Crippen molar-refractivity contribution in [3.63, 3.8) is 0 Å². The second kappa shape index (κ2) is 5.53. The van der Waals surface area contributed by atoms with E-state index in [1.165, 1.54) is 0 Å². The Hall–Kier alpha value is -2.04. The van der Waals surface area contributed by atoms with Gasteiger partial charge in [-0.1, -0.05) is 31.1 Å². The Balaban J connectivity index is 2.09. The number of aromatic nitrogens is 2. The van der Waals surface area contributed by atoms with Gasteiger partial charge in [0.2, 0.25) is 0 Å². The number of para-hydroxylation sites is 2. The van der Waals surface area contributed by atoms with Gasteiger partial charge in [0, 0.05) is 12.0 Å². The summed E-state index contributed by atoms with van der Waals surface area (Å²) < 4.78 is 2.22. The molecule has 108 valence electrons. The predicted molar refractivity (Wildman–Crippen MR) is 80.9 cm³/mol. The van der Waals surface area contributed by atoms with Crippen molar-refractivity contribution in [3.05, 3.63) is 30.1 Å². The zero-order valence-corrected chi connectivity index (χ0v) is 12.3. The molecule has 2 aromatic rings.